The Morgan fingerprint density at radius 2 is 1.33 bits per heavy atom. The first-order chi connectivity index (χ1) is 21.7. The molecule has 1 aromatic rings. The summed E-state index contributed by atoms with van der Waals surface area (Å²) in [6.45, 7) is 20.1. The standard InChI is InChI=1S/C35H53F9O3Si/c1-25(13-10-15-26(2)23-47-48(8,9)31(5,6)7)14-11-16-27(3)28(4)46-24-29-17-19-30(20-18-29)45-22-12-21-32(36,37)33(38,39)34(40,41)35(42,43)44/h10-11,13,16-20,25-28H,12,14-15,21-24H2,1-9H3/b13-10+,16-11+/t25-,26+,27-,28-/m0/s1. The van der Waals surface area contributed by atoms with Crippen LogP contribution in [0.15, 0.2) is 48.6 Å². The third-order valence-corrected chi connectivity index (χ3v) is 13.3. The molecule has 278 valence electrons. The van der Waals surface area contributed by atoms with E-state index in [1.807, 2.05) is 13.8 Å². The number of alkyl halides is 9. The maximum Gasteiger partial charge on any atom is 0.460 e. The highest BCUT2D eigenvalue weighted by Crippen LogP contribution is 2.54. The Balaban J connectivity index is 2.43. The number of ether oxygens (including phenoxy) is 2. The molecule has 0 heterocycles. The Kier molecular flexibility index (Phi) is 16.3. The third-order valence-electron chi connectivity index (χ3n) is 8.78. The molecule has 0 saturated heterocycles. The molecule has 0 aliphatic carbocycles. The molecule has 1 aromatic carbocycles. The van der Waals surface area contributed by atoms with Crippen LogP contribution >= 0.6 is 0 Å². The van der Waals surface area contributed by atoms with Crippen LogP contribution in [0.5, 0.6) is 5.75 Å². The minimum absolute atomic E-state index is 0.103. The summed E-state index contributed by atoms with van der Waals surface area (Å²) in [5, 5.41) is 0.197. The SMILES string of the molecule is C[C@H](C/C=C/[C@H](C)C/C=C/[C@H](C)[C@H](C)OCc1ccc(OCCCC(F)(F)C(F)(F)C(F)(F)C(F)(F)F)cc1)CO[Si](C)(C)C(C)(C)C. The van der Waals surface area contributed by atoms with E-state index in [0.717, 1.165) is 25.0 Å². The van der Waals surface area contributed by atoms with Gasteiger partial charge in [-0.3, -0.25) is 0 Å². The zero-order valence-corrected chi connectivity index (χ0v) is 30.5. The van der Waals surface area contributed by atoms with E-state index in [4.69, 9.17) is 13.9 Å². The monoisotopic (exact) mass is 720 g/mol. The molecular formula is C35H53F9O3Si. The summed E-state index contributed by atoms with van der Waals surface area (Å²) >= 11 is 0. The van der Waals surface area contributed by atoms with Crippen LogP contribution in [-0.4, -0.2) is 51.6 Å². The van der Waals surface area contributed by atoms with Crippen LogP contribution in [0.4, 0.5) is 39.5 Å². The molecule has 0 fully saturated rings. The topological polar surface area (TPSA) is 27.7 Å². The van der Waals surface area contributed by atoms with Crippen molar-refractivity contribution >= 4 is 8.32 Å². The smallest absolute Gasteiger partial charge is 0.460 e. The zero-order valence-electron chi connectivity index (χ0n) is 29.5. The van der Waals surface area contributed by atoms with E-state index < -0.39 is 51.7 Å². The first-order valence-electron chi connectivity index (χ1n) is 16.3. The van der Waals surface area contributed by atoms with Crippen molar-refractivity contribution in [3.63, 3.8) is 0 Å². The number of hydrogen-bond acceptors (Lipinski definition) is 3. The fourth-order valence-corrected chi connectivity index (χ4v) is 5.17. The Morgan fingerprint density at radius 3 is 1.88 bits per heavy atom. The van der Waals surface area contributed by atoms with Gasteiger partial charge in [0.2, 0.25) is 0 Å². The highest BCUT2D eigenvalue weighted by Gasteiger charge is 2.81. The first kappa shape index (κ1) is 44.0. The normalized spacial score (nSPS) is 16.8. The minimum atomic E-state index is -6.88. The highest BCUT2D eigenvalue weighted by molar-refractivity contribution is 6.74. The Bertz CT molecular complexity index is 1140. The molecule has 0 spiro atoms. The molecule has 3 nitrogen and oxygen atoms in total. The zero-order chi connectivity index (χ0) is 37.2. The van der Waals surface area contributed by atoms with E-state index in [1.165, 1.54) is 12.1 Å². The van der Waals surface area contributed by atoms with Crippen LogP contribution < -0.4 is 4.74 Å². The van der Waals surface area contributed by atoms with Crippen LogP contribution in [0.25, 0.3) is 0 Å². The predicted octanol–water partition coefficient (Wildman–Crippen LogP) is 12.0. The van der Waals surface area contributed by atoms with Gasteiger partial charge in [-0.25, -0.2) is 0 Å². The van der Waals surface area contributed by atoms with E-state index in [2.05, 4.69) is 72.0 Å². The molecule has 4 atom stereocenters. The first-order valence-corrected chi connectivity index (χ1v) is 19.2. The van der Waals surface area contributed by atoms with Gasteiger partial charge in [0.05, 0.1) is 19.3 Å². The Labute approximate surface area is 281 Å². The third kappa shape index (κ3) is 13.0. The molecule has 0 amide bonds. The average Bonchev–Trinajstić information content (AvgIpc) is 2.96. The number of rotatable bonds is 20. The van der Waals surface area contributed by atoms with E-state index in [0.29, 0.717) is 11.8 Å². The largest absolute Gasteiger partial charge is 0.494 e. The van der Waals surface area contributed by atoms with Crippen molar-refractivity contribution in [2.75, 3.05) is 13.2 Å². The van der Waals surface area contributed by atoms with Gasteiger partial charge < -0.3 is 13.9 Å². The number of allylic oxidation sites excluding steroid dienone is 3. The average molecular weight is 721 g/mol. The van der Waals surface area contributed by atoms with E-state index in [1.54, 1.807) is 12.1 Å². The maximum atomic E-state index is 13.7. The molecule has 48 heavy (non-hydrogen) atoms. The van der Waals surface area contributed by atoms with Crippen LogP contribution in [0.2, 0.25) is 18.1 Å². The summed E-state index contributed by atoms with van der Waals surface area (Å²) in [7, 11) is -1.74. The molecular weight excluding hydrogens is 667 g/mol. The molecule has 0 aliphatic rings. The van der Waals surface area contributed by atoms with Crippen LogP contribution in [0.1, 0.15) is 79.7 Å². The summed E-state index contributed by atoms with van der Waals surface area (Å²) in [6.07, 6.45) is 0.851. The van der Waals surface area contributed by atoms with Crippen molar-refractivity contribution in [1.29, 1.82) is 0 Å². The van der Waals surface area contributed by atoms with Crippen molar-refractivity contribution in [2.45, 2.75) is 129 Å². The summed E-state index contributed by atoms with van der Waals surface area (Å²) in [5.74, 6) is -17.9. The molecule has 0 saturated carbocycles. The number of benzene rings is 1. The molecule has 0 radical (unpaired) electrons. The second kappa shape index (κ2) is 17.8. The van der Waals surface area contributed by atoms with Gasteiger partial charge in [-0.2, -0.15) is 39.5 Å². The van der Waals surface area contributed by atoms with Crippen LogP contribution in [0.3, 0.4) is 0 Å². The Hall–Kier alpha value is -1.99. The summed E-state index contributed by atoms with van der Waals surface area (Å²) in [5.41, 5.74) is 0.772. The lowest BCUT2D eigenvalue weighted by Crippen LogP contribution is -2.60. The quantitative estimate of drug-likeness (QED) is 0.0581. The second-order valence-electron chi connectivity index (χ2n) is 14.3. The van der Waals surface area contributed by atoms with Gasteiger partial charge in [-0.15, -0.1) is 0 Å². The van der Waals surface area contributed by atoms with Gasteiger partial charge in [0.15, 0.2) is 8.32 Å². The van der Waals surface area contributed by atoms with Crippen molar-refractivity contribution in [2.24, 2.45) is 17.8 Å². The van der Waals surface area contributed by atoms with E-state index in [-0.39, 0.29) is 29.4 Å². The van der Waals surface area contributed by atoms with Gasteiger partial charge >= 0.3 is 23.9 Å². The highest BCUT2D eigenvalue weighted by atomic mass is 28.4. The van der Waals surface area contributed by atoms with Gasteiger partial charge in [-0.05, 0) is 79.8 Å². The van der Waals surface area contributed by atoms with E-state index in [9.17, 15) is 39.5 Å². The van der Waals surface area contributed by atoms with Crippen molar-refractivity contribution in [1.82, 2.24) is 0 Å². The van der Waals surface area contributed by atoms with Gasteiger partial charge in [0, 0.05) is 13.0 Å². The predicted molar refractivity (Wildman–Crippen MR) is 174 cm³/mol. The van der Waals surface area contributed by atoms with Crippen LogP contribution in [-0.2, 0) is 15.8 Å². The molecule has 0 N–H and O–H groups in total. The maximum absolute atomic E-state index is 13.7. The molecule has 0 bridgehead atoms. The van der Waals surface area contributed by atoms with Crippen molar-refractivity contribution in [3.8, 4) is 5.75 Å². The summed E-state index contributed by atoms with van der Waals surface area (Å²) in [4.78, 5) is 0. The van der Waals surface area contributed by atoms with Crippen molar-refractivity contribution < 1.29 is 53.4 Å². The Morgan fingerprint density at radius 1 is 0.771 bits per heavy atom. The lowest BCUT2D eigenvalue weighted by molar-refractivity contribution is -0.396. The molecule has 13 heteroatoms. The molecule has 0 aliphatic heterocycles. The fraction of sp³-hybridized carbons (Fsp3) is 0.714. The van der Waals surface area contributed by atoms with Gasteiger partial charge in [-0.1, -0.05) is 78.0 Å². The van der Waals surface area contributed by atoms with Crippen LogP contribution in [0, 0.1) is 17.8 Å². The van der Waals surface area contributed by atoms with Gasteiger partial charge in [0.1, 0.15) is 5.75 Å². The van der Waals surface area contributed by atoms with Gasteiger partial charge in [0.25, 0.3) is 0 Å². The lowest BCUT2D eigenvalue weighted by Gasteiger charge is -2.36. The summed E-state index contributed by atoms with van der Waals surface area (Å²) < 4.78 is 134. The second-order valence-corrected chi connectivity index (χ2v) is 19.1. The molecule has 0 aromatic heterocycles. The minimum Gasteiger partial charge on any atom is -0.494 e. The number of halogens is 9. The molecule has 1 rings (SSSR count). The lowest BCUT2D eigenvalue weighted by atomic mass is 10.00. The van der Waals surface area contributed by atoms with E-state index >= 15 is 0 Å². The summed E-state index contributed by atoms with van der Waals surface area (Å²) in [6, 6.07) is 6.25. The molecule has 0 unspecified atom stereocenters. The fourth-order valence-electron chi connectivity index (χ4n) is 4.03. The number of hydrogen-bond donors (Lipinski definition) is 0. The van der Waals surface area contributed by atoms with Crippen molar-refractivity contribution in [3.05, 3.63) is 54.1 Å².